The highest BCUT2D eigenvalue weighted by atomic mass is 16.6. The van der Waals surface area contributed by atoms with Gasteiger partial charge in [0.15, 0.2) is 11.5 Å². The zero-order valence-electron chi connectivity index (χ0n) is 14.9. The summed E-state index contributed by atoms with van der Waals surface area (Å²) in [5, 5.41) is 4.97. The molecule has 2 N–H and O–H groups in total. The maximum Gasteiger partial charge on any atom is 0.161 e. The molecule has 0 amide bonds. The predicted octanol–water partition coefficient (Wildman–Crippen LogP) is 4.11. The first-order valence-corrected chi connectivity index (χ1v) is 9.58. The molecule has 3 aromatic rings. The summed E-state index contributed by atoms with van der Waals surface area (Å²) >= 11 is 0. The first kappa shape index (κ1) is 15.8. The monoisotopic (exact) mass is 348 g/mol. The van der Waals surface area contributed by atoms with Crippen molar-refractivity contribution < 1.29 is 9.47 Å². The number of nitrogens with one attached hydrogen (secondary N) is 2. The van der Waals surface area contributed by atoms with Gasteiger partial charge in [-0.25, -0.2) is 0 Å². The van der Waals surface area contributed by atoms with Crippen molar-refractivity contribution in [2.75, 3.05) is 13.2 Å². The summed E-state index contributed by atoms with van der Waals surface area (Å²) in [6.45, 7) is 2.95. The molecule has 1 aromatic heterocycles. The molecule has 1 aliphatic heterocycles. The molecule has 0 spiro atoms. The van der Waals surface area contributed by atoms with E-state index in [9.17, 15) is 0 Å². The van der Waals surface area contributed by atoms with E-state index in [1.165, 1.54) is 53.4 Å². The highest BCUT2D eigenvalue weighted by molar-refractivity contribution is 5.85. The fourth-order valence-corrected chi connectivity index (χ4v) is 4.11. The van der Waals surface area contributed by atoms with Crippen LogP contribution in [0.4, 0.5) is 0 Å². The van der Waals surface area contributed by atoms with Gasteiger partial charge in [0.25, 0.3) is 0 Å². The summed E-state index contributed by atoms with van der Waals surface area (Å²) in [5.74, 6) is 1.71. The number of aromatic nitrogens is 1. The minimum Gasteiger partial charge on any atom is -0.486 e. The van der Waals surface area contributed by atoms with Crippen LogP contribution in [0.1, 0.15) is 35.2 Å². The van der Waals surface area contributed by atoms with Gasteiger partial charge in [-0.05, 0) is 66.6 Å². The molecule has 5 rings (SSSR count). The van der Waals surface area contributed by atoms with Gasteiger partial charge >= 0.3 is 0 Å². The second-order valence-electron chi connectivity index (χ2n) is 7.25. The highest BCUT2D eigenvalue weighted by Crippen LogP contribution is 2.31. The molecule has 4 heteroatoms. The zero-order valence-corrected chi connectivity index (χ0v) is 14.9. The van der Waals surface area contributed by atoms with Crippen LogP contribution in [0.15, 0.2) is 36.4 Å². The molecule has 2 aromatic carbocycles. The van der Waals surface area contributed by atoms with E-state index in [2.05, 4.69) is 40.6 Å². The molecule has 0 saturated carbocycles. The molecule has 0 unspecified atom stereocenters. The summed E-state index contributed by atoms with van der Waals surface area (Å²) in [4.78, 5) is 3.61. The number of aromatic amines is 1. The summed E-state index contributed by atoms with van der Waals surface area (Å²) < 4.78 is 11.2. The third kappa shape index (κ3) is 2.95. The van der Waals surface area contributed by atoms with Crippen molar-refractivity contribution in [3.63, 3.8) is 0 Å². The summed E-state index contributed by atoms with van der Waals surface area (Å²) in [6.07, 6.45) is 5.03. The van der Waals surface area contributed by atoms with E-state index in [0.717, 1.165) is 24.6 Å². The molecule has 4 nitrogen and oxygen atoms in total. The van der Waals surface area contributed by atoms with Crippen LogP contribution in [-0.4, -0.2) is 18.2 Å². The van der Waals surface area contributed by atoms with Crippen LogP contribution in [0, 0.1) is 0 Å². The minimum atomic E-state index is 0.630. The van der Waals surface area contributed by atoms with Crippen molar-refractivity contribution >= 4 is 10.9 Å². The Morgan fingerprint density at radius 3 is 2.54 bits per heavy atom. The van der Waals surface area contributed by atoms with Gasteiger partial charge in [0, 0.05) is 29.7 Å². The van der Waals surface area contributed by atoms with Crippen molar-refractivity contribution in [3.05, 3.63) is 58.8 Å². The van der Waals surface area contributed by atoms with Crippen molar-refractivity contribution in [2.45, 2.75) is 38.8 Å². The van der Waals surface area contributed by atoms with Gasteiger partial charge < -0.3 is 19.8 Å². The van der Waals surface area contributed by atoms with Crippen molar-refractivity contribution in [1.29, 1.82) is 0 Å². The van der Waals surface area contributed by atoms with Gasteiger partial charge in [0.1, 0.15) is 13.2 Å². The van der Waals surface area contributed by atoms with Crippen LogP contribution in [0.2, 0.25) is 0 Å². The Kier molecular flexibility index (Phi) is 4.06. The average molecular weight is 348 g/mol. The highest BCUT2D eigenvalue weighted by Gasteiger charge is 2.15. The number of rotatable bonds is 4. The first-order valence-electron chi connectivity index (χ1n) is 9.58. The molecule has 0 radical (unpaired) electrons. The average Bonchev–Trinajstić information content (AvgIpc) is 3.06. The molecule has 0 saturated heterocycles. The molecular weight excluding hydrogens is 324 g/mol. The molecule has 0 bridgehead atoms. The van der Waals surface area contributed by atoms with Crippen molar-refractivity contribution in [1.82, 2.24) is 10.3 Å². The summed E-state index contributed by atoms with van der Waals surface area (Å²) in [5.41, 5.74) is 6.83. The zero-order chi connectivity index (χ0) is 17.3. The quantitative estimate of drug-likeness (QED) is 0.746. The van der Waals surface area contributed by atoms with Gasteiger partial charge in [0.2, 0.25) is 0 Å². The SMILES string of the molecule is c1cc2c(cc1CNCc1ccc3[nH]c4c(c3c1)CCCC4)OCCO2. The number of hydrogen-bond acceptors (Lipinski definition) is 3. The molecule has 2 heterocycles. The normalized spacial score (nSPS) is 15.8. The van der Waals surface area contributed by atoms with E-state index < -0.39 is 0 Å². The lowest BCUT2D eigenvalue weighted by Gasteiger charge is -2.19. The number of H-pyrrole nitrogens is 1. The van der Waals surface area contributed by atoms with E-state index in [1.54, 1.807) is 5.56 Å². The van der Waals surface area contributed by atoms with Crippen molar-refractivity contribution in [3.8, 4) is 11.5 Å². The molecule has 2 aliphatic rings. The smallest absolute Gasteiger partial charge is 0.161 e. The number of ether oxygens (including phenoxy) is 2. The lowest BCUT2D eigenvalue weighted by atomic mass is 9.95. The number of fused-ring (bicyclic) bond motifs is 4. The predicted molar refractivity (Wildman–Crippen MR) is 103 cm³/mol. The number of hydrogen-bond donors (Lipinski definition) is 2. The topological polar surface area (TPSA) is 46.3 Å². The molecule has 134 valence electrons. The van der Waals surface area contributed by atoms with Crippen LogP contribution in [0.5, 0.6) is 11.5 Å². The molecular formula is C22H24N2O2. The maximum atomic E-state index is 5.66. The largest absolute Gasteiger partial charge is 0.486 e. The maximum absolute atomic E-state index is 5.66. The Labute approximate surface area is 153 Å². The second-order valence-corrected chi connectivity index (χ2v) is 7.25. The van der Waals surface area contributed by atoms with E-state index in [-0.39, 0.29) is 0 Å². The van der Waals surface area contributed by atoms with Crippen molar-refractivity contribution in [2.24, 2.45) is 0 Å². The van der Waals surface area contributed by atoms with Crippen LogP contribution in [0.3, 0.4) is 0 Å². The number of aryl methyl sites for hydroxylation is 2. The Hall–Kier alpha value is -2.46. The first-order chi connectivity index (χ1) is 12.9. The lowest BCUT2D eigenvalue weighted by Crippen LogP contribution is -2.16. The van der Waals surface area contributed by atoms with Gasteiger partial charge in [-0.15, -0.1) is 0 Å². The van der Waals surface area contributed by atoms with Crippen LogP contribution in [-0.2, 0) is 25.9 Å². The Morgan fingerprint density at radius 2 is 1.62 bits per heavy atom. The molecule has 0 fully saturated rings. The van der Waals surface area contributed by atoms with E-state index in [0.29, 0.717) is 13.2 Å². The fraction of sp³-hybridized carbons (Fsp3) is 0.364. The fourth-order valence-electron chi connectivity index (χ4n) is 4.11. The number of benzene rings is 2. The Morgan fingerprint density at radius 1 is 0.846 bits per heavy atom. The Balaban J connectivity index is 1.28. The van der Waals surface area contributed by atoms with Gasteiger partial charge in [-0.1, -0.05) is 12.1 Å². The molecule has 26 heavy (non-hydrogen) atoms. The second kappa shape index (κ2) is 6.69. The third-order valence-corrected chi connectivity index (χ3v) is 5.43. The Bertz CT molecular complexity index is 945. The van der Waals surface area contributed by atoms with Crippen LogP contribution >= 0.6 is 0 Å². The van der Waals surface area contributed by atoms with E-state index >= 15 is 0 Å². The molecule has 1 aliphatic carbocycles. The van der Waals surface area contributed by atoms with E-state index in [1.807, 2.05) is 6.07 Å². The van der Waals surface area contributed by atoms with Crippen LogP contribution in [0.25, 0.3) is 10.9 Å². The van der Waals surface area contributed by atoms with Gasteiger partial charge in [-0.3, -0.25) is 0 Å². The van der Waals surface area contributed by atoms with E-state index in [4.69, 9.17) is 9.47 Å². The summed E-state index contributed by atoms with van der Waals surface area (Å²) in [7, 11) is 0. The van der Waals surface area contributed by atoms with Crippen LogP contribution < -0.4 is 14.8 Å². The third-order valence-electron chi connectivity index (χ3n) is 5.43. The van der Waals surface area contributed by atoms with Gasteiger partial charge in [-0.2, -0.15) is 0 Å². The minimum absolute atomic E-state index is 0.630. The lowest BCUT2D eigenvalue weighted by molar-refractivity contribution is 0.171. The van der Waals surface area contributed by atoms with Gasteiger partial charge in [0.05, 0.1) is 0 Å². The summed E-state index contributed by atoms with van der Waals surface area (Å²) in [6, 6.07) is 13.0. The molecule has 0 atom stereocenters. The standard InChI is InChI=1S/C22H24N2O2/c1-2-4-19-17(3-1)18-11-15(5-7-20(18)24-19)13-23-14-16-6-8-21-22(12-16)26-10-9-25-21/h5-8,11-12,23-24H,1-4,9-10,13-14H2.